The van der Waals surface area contributed by atoms with E-state index in [4.69, 9.17) is 63.1 Å². The van der Waals surface area contributed by atoms with Gasteiger partial charge in [0.2, 0.25) is 0 Å². The standard InChI is InChI=1S/C38H18Cl2N8.Zn/c39-19-16-17-29(40)28(18-19)20-14-7-15-27-30(20)38-47-36-26-13-6-5-12-25(26)34(45-36)43-32-22-9-2-1-8-21(22)31(41-32)42-33-23-10-3-4-11-24(23)35(44-33)46-37(27)48-38;/h1-18H;/q-2;+2. The van der Waals surface area contributed by atoms with Crippen LogP contribution in [0, 0.1) is 0 Å². The molecule has 5 heterocycles. The van der Waals surface area contributed by atoms with E-state index in [0.29, 0.717) is 55.9 Å². The van der Waals surface area contributed by atoms with E-state index in [0.717, 1.165) is 54.9 Å². The minimum atomic E-state index is 0. The van der Waals surface area contributed by atoms with E-state index >= 15 is 0 Å². The Kier molecular flexibility index (Phi) is 6.92. The van der Waals surface area contributed by atoms with Gasteiger partial charge in [0.05, 0.1) is 23.3 Å². The maximum atomic E-state index is 6.76. The summed E-state index contributed by atoms with van der Waals surface area (Å²) in [6.07, 6.45) is 0. The van der Waals surface area contributed by atoms with E-state index < -0.39 is 0 Å². The van der Waals surface area contributed by atoms with E-state index in [9.17, 15) is 0 Å². The Morgan fingerprint density at radius 2 is 0.816 bits per heavy atom. The summed E-state index contributed by atoms with van der Waals surface area (Å²) in [4.78, 5) is 40.0. The van der Waals surface area contributed by atoms with Crippen LogP contribution in [0.5, 0.6) is 0 Å². The second-order valence-electron chi connectivity index (χ2n) is 11.5. The van der Waals surface area contributed by atoms with Crippen molar-refractivity contribution in [3.05, 3.63) is 119 Å². The molecule has 0 saturated heterocycles. The molecule has 0 spiro atoms. The van der Waals surface area contributed by atoms with Gasteiger partial charge in [-0.2, -0.15) is 0 Å². The van der Waals surface area contributed by atoms with Gasteiger partial charge in [0.1, 0.15) is 0 Å². The molecule has 0 unspecified atom stereocenters. The van der Waals surface area contributed by atoms with Crippen LogP contribution in [0.4, 0.5) is 0 Å². The van der Waals surface area contributed by atoms with Crippen LogP contribution in [0.25, 0.3) is 101 Å². The molecule has 0 atom stereocenters. The normalized spacial score (nSPS) is 11.7. The molecule has 0 N–H and O–H groups in total. The molecule has 2 aliphatic heterocycles. The number of rotatable bonds is 1. The van der Waals surface area contributed by atoms with Crippen LogP contribution < -0.4 is 9.97 Å². The Bertz CT molecular complexity index is 2840. The van der Waals surface area contributed by atoms with Crippen molar-refractivity contribution in [1.29, 1.82) is 0 Å². The van der Waals surface area contributed by atoms with Crippen LogP contribution in [0.15, 0.2) is 109 Å². The minimum absolute atomic E-state index is 0. The maximum absolute atomic E-state index is 6.76. The summed E-state index contributed by atoms with van der Waals surface area (Å²) in [6.45, 7) is 0. The second-order valence-corrected chi connectivity index (χ2v) is 12.3. The van der Waals surface area contributed by atoms with E-state index in [1.54, 1.807) is 12.1 Å². The van der Waals surface area contributed by atoms with Crippen molar-refractivity contribution in [1.82, 2.24) is 39.9 Å². The second kappa shape index (κ2) is 11.4. The zero-order valence-corrected chi connectivity index (χ0v) is 29.9. The molecule has 226 valence electrons. The molecule has 8 bridgehead atoms. The van der Waals surface area contributed by atoms with E-state index in [-0.39, 0.29) is 19.5 Å². The topological polar surface area (TPSA) is 106 Å². The molecule has 0 amide bonds. The number of aromatic nitrogens is 8. The number of hydrogen-bond acceptors (Lipinski definition) is 6. The minimum Gasteiger partial charge on any atom is -0.357 e. The van der Waals surface area contributed by atoms with Gasteiger partial charge in [0.25, 0.3) is 0 Å². The Labute approximate surface area is 301 Å². The Morgan fingerprint density at radius 3 is 1.37 bits per heavy atom. The molecule has 3 aromatic heterocycles. The third-order valence-corrected chi connectivity index (χ3v) is 9.23. The van der Waals surface area contributed by atoms with Gasteiger partial charge in [0, 0.05) is 65.8 Å². The number of hydrogen-bond donors (Lipinski definition) is 0. The molecular formula is C38H18Cl2N8Zn. The summed E-state index contributed by atoms with van der Waals surface area (Å²) < 4.78 is 0. The maximum Gasteiger partial charge on any atom is 2.00 e. The third kappa shape index (κ3) is 4.69. The van der Waals surface area contributed by atoms with Crippen LogP contribution in [0.3, 0.4) is 0 Å². The smallest absolute Gasteiger partial charge is 0.357 e. The average Bonchev–Trinajstić information content (AvgIpc) is 3.85. The fourth-order valence-corrected chi connectivity index (χ4v) is 6.88. The first-order valence-electron chi connectivity index (χ1n) is 15.2. The van der Waals surface area contributed by atoms with Crippen molar-refractivity contribution in [3.8, 4) is 56.7 Å². The Hall–Kier alpha value is -5.34. The summed E-state index contributed by atoms with van der Waals surface area (Å²) in [7, 11) is 0. The molecule has 0 saturated carbocycles. The van der Waals surface area contributed by atoms with Crippen molar-refractivity contribution in [3.63, 3.8) is 0 Å². The van der Waals surface area contributed by atoms with Crippen LogP contribution in [-0.4, -0.2) is 29.9 Å². The predicted octanol–water partition coefficient (Wildman–Crippen LogP) is 9.10. The van der Waals surface area contributed by atoms with Crippen molar-refractivity contribution in [2.24, 2.45) is 0 Å². The van der Waals surface area contributed by atoms with Crippen molar-refractivity contribution < 1.29 is 19.5 Å². The zero-order chi connectivity index (χ0) is 31.9. The molecular weight excluding hydrogens is 705 g/mol. The van der Waals surface area contributed by atoms with E-state index in [1.165, 1.54) is 0 Å². The van der Waals surface area contributed by atoms with Crippen LogP contribution >= 0.6 is 23.2 Å². The number of nitrogens with zero attached hydrogens (tertiary/aromatic N) is 8. The molecule has 8 aromatic rings. The number of halogens is 2. The molecule has 5 aromatic carbocycles. The first kappa shape index (κ1) is 29.8. The van der Waals surface area contributed by atoms with Gasteiger partial charge in [-0.05, 0) is 39.9 Å². The third-order valence-electron chi connectivity index (χ3n) is 8.67. The SMILES string of the molecule is Clc1ccc(Cl)c(-c2cccc3c4nc5nc(nc6[n-]c(nc7nc(nc([n-]4)c23)-c2ccccc2-7)c2ccccc62)-c2ccccc2-5)c1.[Zn+2]. The van der Waals surface area contributed by atoms with Gasteiger partial charge in [0.15, 0.2) is 0 Å². The molecule has 49 heavy (non-hydrogen) atoms. The molecule has 0 fully saturated rings. The molecule has 10 rings (SSSR count). The van der Waals surface area contributed by atoms with Gasteiger partial charge in [-0.25, -0.2) is 9.97 Å². The number of benzene rings is 5. The first-order valence-corrected chi connectivity index (χ1v) is 15.9. The largest absolute Gasteiger partial charge is 2.00 e. The molecule has 8 nitrogen and oxygen atoms in total. The van der Waals surface area contributed by atoms with Crippen molar-refractivity contribution in [2.75, 3.05) is 0 Å². The summed E-state index contributed by atoms with van der Waals surface area (Å²) in [5, 5.41) is 4.40. The molecule has 0 radical (unpaired) electrons. The molecule has 0 aliphatic carbocycles. The Morgan fingerprint density at radius 1 is 0.388 bits per heavy atom. The molecule has 11 heteroatoms. The zero-order valence-electron chi connectivity index (χ0n) is 25.4. The van der Waals surface area contributed by atoms with E-state index in [2.05, 4.69) is 0 Å². The van der Waals surface area contributed by atoms with Gasteiger partial charge < -0.3 is 29.9 Å². The van der Waals surface area contributed by atoms with Crippen molar-refractivity contribution >= 4 is 67.3 Å². The molecule has 2 aliphatic rings. The quantitative estimate of drug-likeness (QED) is 0.155. The van der Waals surface area contributed by atoms with Crippen LogP contribution in [-0.2, 0) is 19.5 Å². The number of fused-ring (bicyclic) bond motifs is 20. The summed E-state index contributed by atoms with van der Waals surface area (Å²) in [6, 6.07) is 35.0. The van der Waals surface area contributed by atoms with E-state index in [1.807, 2.05) is 97.1 Å². The first-order chi connectivity index (χ1) is 23.6. The van der Waals surface area contributed by atoms with Gasteiger partial charge >= 0.3 is 19.5 Å². The average molecular weight is 723 g/mol. The van der Waals surface area contributed by atoms with Gasteiger partial charge in [-0.1, -0.05) is 114 Å². The fourth-order valence-electron chi connectivity index (χ4n) is 6.48. The van der Waals surface area contributed by atoms with Crippen molar-refractivity contribution in [2.45, 2.75) is 0 Å². The predicted molar refractivity (Wildman–Crippen MR) is 189 cm³/mol. The summed E-state index contributed by atoms with van der Waals surface area (Å²) >= 11 is 13.2. The van der Waals surface area contributed by atoms with Crippen LogP contribution in [0.2, 0.25) is 10.0 Å². The van der Waals surface area contributed by atoms with Crippen LogP contribution in [0.1, 0.15) is 0 Å². The fraction of sp³-hybridized carbons (Fsp3) is 0. The van der Waals surface area contributed by atoms with Gasteiger partial charge in [-0.3, -0.25) is 0 Å². The monoisotopic (exact) mass is 720 g/mol. The van der Waals surface area contributed by atoms with Gasteiger partial charge in [-0.15, -0.1) is 0 Å². The summed E-state index contributed by atoms with van der Waals surface area (Å²) in [5.74, 6) is 1.99. The summed E-state index contributed by atoms with van der Waals surface area (Å²) in [5.41, 5.74) is 6.90. The Balaban J connectivity index is 0.00000325.